The highest BCUT2D eigenvalue weighted by atomic mass is 16.1. The summed E-state index contributed by atoms with van der Waals surface area (Å²) in [5, 5.41) is 9.23. The number of rotatable bonds is 4. The highest BCUT2D eigenvalue weighted by Crippen LogP contribution is 2.23. The maximum Gasteiger partial charge on any atom is 0.243 e. The quantitative estimate of drug-likeness (QED) is 0.585. The number of aromatic nitrogens is 1. The van der Waals surface area contributed by atoms with Gasteiger partial charge in [0.1, 0.15) is 0 Å². The Labute approximate surface area is 131 Å². The molecule has 2 rings (SSSR count). The number of anilines is 1. The van der Waals surface area contributed by atoms with Gasteiger partial charge >= 0.3 is 0 Å². The molecular weight excluding hydrogens is 278 g/mol. The summed E-state index contributed by atoms with van der Waals surface area (Å²) in [5.74, 6) is 1.38. The molecule has 3 N–H and O–H groups in total. The highest BCUT2D eigenvalue weighted by molar-refractivity contribution is 5.94. The lowest BCUT2D eigenvalue weighted by molar-refractivity contribution is -0.115. The van der Waals surface area contributed by atoms with Crippen LogP contribution in [-0.4, -0.2) is 36.5 Å². The van der Waals surface area contributed by atoms with E-state index in [0.717, 1.165) is 18.8 Å². The molecule has 0 unspecified atom stereocenters. The van der Waals surface area contributed by atoms with Crippen molar-refractivity contribution in [3.63, 3.8) is 0 Å². The van der Waals surface area contributed by atoms with Gasteiger partial charge in [0, 0.05) is 19.3 Å². The van der Waals surface area contributed by atoms with Crippen molar-refractivity contribution in [3.05, 3.63) is 24.5 Å². The van der Waals surface area contributed by atoms with Crippen LogP contribution in [0.5, 0.6) is 0 Å². The van der Waals surface area contributed by atoms with Crippen molar-refractivity contribution in [2.24, 2.45) is 10.9 Å². The summed E-state index contributed by atoms with van der Waals surface area (Å²) in [6.45, 7) is 2.48. The molecule has 0 aromatic carbocycles. The van der Waals surface area contributed by atoms with Crippen molar-refractivity contribution in [3.8, 4) is 0 Å². The smallest absolute Gasteiger partial charge is 0.243 e. The Bertz CT molecular complexity index is 495. The zero-order chi connectivity index (χ0) is 15.8. The predicted octanol–water partition coefficient (Wildman–Crippen LogP) is 1.76. The molecule has 6 heteroatoms. The van der Waals surface area contributed by atoms with Crippen molar-refractivity contribution in [2.45, 2.75) is 38.6 Å². The van der Waals surface area contributed by atoms with Crippen LogP contribution in [0.25, 0.3) is 0 Å². The molecule has 1 aromatic rings. The molecule has 0 spiro atoms. The number of aliphatic imine (C=N–C) groups is 1. The molecule has 1 amide bonds. The van der Waals surface area contributed by atoms with E-state index in [-0.39, 0.29) is 12.5 Å². The van der Waals surface area contributed by atoms with Crippen LogP contribution in [-0.2, 0) is 4.79 Å². The van der Waals surface area contributed by atoms with Gasteiger partial charge in [-0.2, -0.15) is 0 Å². The van der Waals surface area contributed by atoms with E-state index in [4.69, 9.17) is 0 Å². The SMILES string of the molecule is CN=C(NCC(=O)Nc1cccnc1)NC1CCC(C)CC1. The number of carbonyl (C=O) groups is 1. The summed E-state index contributed by atoms with van der Waals surface area (Å²) >= 11 is 0. The lowest BCUT2D eigenvalue weighted by Crippen LogP contribution is -2.46. The zero-order valence-electron chi connectivity index (χ0n) is 13.3. The lowest BCUT2D eigenvalue weighted by Gasteiger charge is -2.28. The average Bonchev–Trinajstić information content (AvgIpc) is 2.54. The van der Waals surface area contributed by atoms with Gasteiger partial charge in [-0.05, 0) is 43.7 Å². The number of pyridine rings is 1. The summed E-state index contributed by atoms with van der Waals surface area (Å²) in [5.41, 5.74) is 0.693. The minimum absolute atomic E-state index is 0.117. The molecule has 0 aliphatic heterocycles. The van der Waals surface area contributed by atoms with Crippen molar-refractivity contribution >= 4 is 17.6 Å². The second-order valence-corrected chi connectivity index (χ2v) is 5.82. The highest BCUT2D eigenvalue weighted by Gasteiger charge is 2.19. The second-order valence-electron chi connectivity index (χ2n) is 5.82. The summed E-state index contributed by atoms with van der Waals surface area (Å²) < 4.78 is 0. The number of nitrogens with zero attached hydrogens (tertiary/aromatic N) is 2. The number of amides is 1. The molecule has 0 bridgehead atoms. The molecule has 0 radical (unpaired) electrons. The van der Waals surface area contributed by atoms with Crippen molar-refractivity contribution in [1.29, 1.82) is 0 Å². The fraction of sp³-hybridized carbons (Fsp3) is 0.562. The molecule has 1 heterocycles. The molecule has 0 atom stereocenters. The molecule has 1 fully saturated rings. The van der Waals surface area contributed by atoms with Gasteiger partial charge in [-0.3, -0.25) is 14.8 Å². The number of hydrogen-bond acceptors (Lipinski definition) is 3. The van der Waals surface area contributed by atoms with Crippen LogP contribution in [0.3, 0.4) is 0 Å². The molecule has 1 saturated carbocycles. The van der Waals surface area contributed by atoms with E-state index < -0.39 is 0 Å². The van der Waals surface area contributed by atoms with Gasteiger partial charge in [0.05, 0.1) is 18.4 Å². The molecule has 120 valence electrons. The minimum Gasteiger partial charge on any atom is -0.354 e. The van der Waals surface area contributed by atoms with E-state index in [1.165, 1.54) is 12.8 Å². The van der Waals surface area contributed by atoms with Crippen LogP contribution in [0.15, 0.2) is 29.5 Å². The summed E-state index contributed by atoms with van der Waals surface area (Å²) in [6, 6.07) is 4.04. The van der Waals surface area contributed by atoms with Gasteiger partial charge in [0.2, 0.25) is 5.91 Å². The summed E-state index contributed by atoms with van der Waals surface area (Å²) in [7, 11) is 1.72. The van der Waals surface area contributed by atoms with E-state index in [1.807, 2.05) is 0 Å². The maximum atomic E-state index is 11.9. The van der Waals surface area contributed by atoms with E-state index in [2.05, 4.69) is 32.9 Å². The van der Waals surface area contributed by atoms with Crippen molar-refractivity contribution < 1.29 is 4.79 Å². The topological polar surface area (TPSA) is 78.4 Å². The van der Waals surface area contributed by atoms with Gasteiger partial charge in [-0.15, -0.1) is 0 Å². The van der Waals surface area contributed by atoms with Gasteiger partial charge in [-0.25, -0.2) is 0 Å². The van der Waals surface area contributed by atoms with E-state index >= 15 is 0 Å². The molecule has 1 aromatic heterocycles. The number of carbonyl (C=O) groups excluding carboxylic acids is 1. The average molecular weight is 303 g/mol. The lowest BCUT2D eigenvalue weighted by atomic mass is 9.87. The number of nitrogens with one attached hydrogen (secondary N) is 3. The Morgan fingerprint density at radius 3 is 2.77 bits per heavy atom. The van der Waals surface area contributed by atoms with Gasteiger partial charge < -0.3 is 16.0 Å². The molecule has 6 nitrogen and oxygen atoms in total. The standard InChI is InChI=1S/C16H25N5O/c1-12-5-7-13(8-6-12)21-16(17-2)19-11-15(22)20-14-4-3-9-18-10-14/h3-4,9-10,12-13H,5-8,11H2,1-2H3,(H,20,22)(H2,17,19,21). The van der Waals surface area contributed by atoms with Gasteiger partial charge in [0.15, 0.2) is 5.96 Å². The molecule has 1 aliphatic carbocycles. The third-order valence-corrected chi connectivity index (χ3v) is 3.94. The van der Waals surface area contributed by atoms with Crippen molar-refractivity contribution in [2.75, 3.05) is 18.9 Å². The Morgan fingerprint density at radius 2 is 2.14 bits per heavy atom. The second kappa shape index (κ2) is 8.36. The van der Waals surface area contributed by atoms with Gasteiger partial charge in [-0.1, -0.05) is 6.92 Å². The van der Waals surface area contributed by atoms with E-state index in [9.17, 15) is 4.79 Å². The molecule has 0 saturated heterocycles. The first-order valence-electron chi connectivity index (χ1n) is 7.84. The Morgan fingerprint density at radius 1 is 1.36 bits per heavy atom. The van der Waals surface area contributed by atoms with Crippen LogP contribution in [0.2, 0.25) is 0 Å². The van der Waals surface area contributed by atoms with Crippen LogP contribution >= 0.6 is 0 Å². The zero-order valence-corrected chi connectivity index (χ0v) is 13.3. The van der Waals surface area contributed by atoms with Crippen LogP contribution in [0.1, 0.15) is 32.6 Å². The Hall–Kier alpha value is -2.11. The maximum absolute atomic E-state index is 11.9. The number of hydrogen-bond donors (Lipinski definition) is 3. The molecule has 1 aliphatic rings. The Kier molecular flexibility index (Phi) is 6.18. The van der Waals surface area contributed by atoms with E-state index in [0.29, 0.717) is 17.7 Å². The van der Waals surface area contributed by atoms with Crippen LogP contribution in [0, 0.1) is 5.92 Å². The summed E-state index contributed by atoms with van der Waals surface area (Å²) in [6.07, 6.45) is 8.10. The molecular formula is C16H25N5O. The molecule has 22 heavy (non-hydrogen) atoms. The monoisotopic (exact) mass is 303 g/mol. The first-order valence-corrected chi connectivity index (χ1v) is 7.84. The summed E-state index contributed by atoms with van der Waals surface area (Å²) in [4.78, 5) is 20.0. The Balaban J connectivity index is 1.73. The van der Waals surface area contributed by atoms with Crippen LogP contribution in [0.4, 0.5) is 5.69 Å². The van der Waals surface area contributed by atoms with Crippen LogP contribution < -0.4 is 16.0 Å². The first kappa shape index (κ1) is 16.3. The normalized spacial score (nSPS) is 22.0. The number of guanidine groups is 1. The predicted molar refractivity (Wildman–Crippen MR) is 88.8 cm³/mol. The first-order chi connectivity index (χ1) is 10.7. The fourth-order valence-corrected chi connectivity index (χ4v) is 2.60. The van der Waals surface area contributed by atoms with E-state index in [1.54, 1.807) is 31.6 Å². The van der Waals surface area contributed by atoms with Gasteiger partial charge in [0.25, 0.3) is 0 Å². The largest absolute Gasteiger partial charge is 0.354 e. The minimum atomic E-state index is -0.117. The third-order valence-electron chi connectivity index (χ3n) is 3.94. The third kappa shape index (κ3) is 5.35. The van der Waals surface area contributed by atoms with Crippen molar-refractivity contribution in [1.82, 2.24) is 15.6 Å². The fourth-order valence-electron chi connectivity index (χ4n) is 2.60.